The summed E-state index contributed by atoms with van der Waals surface area (Å²) in [7, 11) is 1.67. The molecule has 2 aromatic carbocycles. The Kier molecular flexibility index (Phi) is 5.16. The Balaban J connectivity index is 1.73. The predicted octanol–water partition coefficient (Wildman–Crippen LogP) is 4.00. The first-order valence-corrected chi connectivity index (χ1v) is 11.4. The molecule has 0 N–H and O–H groups in total. The Labute approximate surface area is 196 Å². The second kappa shape index (κ2) is 7.92. The average molecular weight is 464 g/mol. The van der Waals surface area contributed by atoms with Crippen LogP contribution in [0.15, 0.2) is 52.1 Å². The number of nitrogens with zero attached hydrogens (tertiary/aromatic N) is 5. The number of fused-ring (bicyclic) bond motifs is 3. The number of benzene rings is 2. The fourth-order valence-corrected chi connectivity index (χ4v) is 4.76. The average Bonchev–Trinajstić information content (AvgIpc) is 3.17. The van der Waals surface area contributed by atoms with Gasteiger partial charge in [-0.3, -0.25) is 13.9 Å². The van der Waals surface area contributed by atoms with Crippen molar-refractivity contribution in [2.45, 2.75) is 33.9 Å². The fraction of sp³-hybridized carbons (Fsp3) is 0.320. The van der Waals surface area contributed by atoms with Crippen LogP contribution in [0.25, 0.3) is 11.2 Å². The third kappa shape index (κ3) is 3.56. The van der Waals surface area contributed by atoms with Crippen molar-refractivity contribution in [1.29, 1.82) is 0 Å². The van der Waals surface area contributed by atoms with Crippen LogP contribution in [0.3, 0.4) is 0 Å². The van der Waals surface area contributed by atoms with Crippen molar-refractivity contribution >= 4 is 34.4 Å². The minimum atomic E-state index is -0.373. The summed E-state index contributed by atoms with van der Waals surface area (Å²) in [6.07, 6.45) is 0. The van der Waals surface area contributed by atoms with Gasteiger partial charge in [0.05, 0.1) is 6.54 Å². The van der Waals surface area contributed by atoms with Crippen molar-refractivity contribution in [2.75, 3.05) is 11.4 Å². The van der Waals surface area contributed by atoms with Crippen LogP contribution in [0.1, 0.15) is 23.6 Å². The van der Waals surface area contributed by atoms with E-state index < -0.39 is 0 Å². The topological polar surface area (TPSA) is 65.1 Å². The lowest BCUT2D eigenvalue weighted by atomic mass is 10.1. The van der Waals surface area contributed by atoms with E-state index in [1.807, 2.05) is 60.9 Å². The maximum Gasteiger partial charge on any atom is 0.332 e. The second-order valence-corrected chi connectivity index (χ2v) is 9.50. The van der Waals surface area contributed by atoms with Gasteiger partial charge < -0.3 is 9.47 Å². The van der Waals surface area contributed by atoms with Crippen LogP contribution in [-0.2, 0) is 20.1 Å². The molecule has 1 aliphatic heterocycles. The minimum Gasteiger partial charge on any atom is -0.311 e. The van der Waals surface area contributed by atoms with Crippen LogP contribution >= 0.6 is 11.6 Å². The molecule has 0 bridgehead atoms. The maximum absolute atomic E-state index is 13.6. The third-order valence-corrected chi connectivity index (χ3v) is 6.60. The molecule has 3 heterocycles. The first-order valence-electron chi connectivity index (χ1n) is 11.0. The monoisotopic (exact) mass is 463 g/mol. The lowest BCUT2D eigenvalue weighted by Crippen LogP contribution is -2.40. The number of aryl methyl sites for hydroxylation is 3. The van der Waals surface area contributed by atoms with Gasteiger partial charge >= 0.3 is 5.69 Å². The van der Waals surface area contributed by atoms with Crippen LogP contribution in [0.4, 0.5) is 11.6 Å². The molecule has 0 unspecified atom stereocenters. The molecule has 7 nitrogen and oxygen atoms in total. The molecular weight excluding hydrogens is 438 g/mol. The van der Waals surface area contributed by atoms with E-state index in [0.29, 0.717) is 28.7 Å². The number of anilines is 2. The SMILES string of the molecule is Cc1ccc(Cn2c(=O)c3c(nc4n3C[C@@H](C)CN4c3cc(Cl)ccc3C)n(C)c2=O)cc1. The van der Waals surface area contributed by atoms with E-state index in [2.05, 4.69) is 11.8 Å². The van der Waals surface area contributed by atoms with Crippen LogP contribution in [-0.4, -0.2) is 25.2 Å². The van der Waals surface area contributed by atoms with Gasteiger partial charge in [0.25, 0.3) is 5.56 Å². The summed E-state index contributed by atoms with van der Waals surface area (Å²) in [5.41, 5.74) is 4.22. The van der Waals surface area contributed by atoms with Gasteiger partial charge in [0.1, 0.15) is 0 Å². The molecule has 8 heteroatoms. The molecule has 5 rings (SSSR count). The van der Waals surface area contributed by atoms with Gasteiger partial charge in [0, 0.05) is 30.8 Å². The van der Waals surface area contributed by atoms with E-state index in [-0.39, 0.29) is 23.7 Å². The van der Waals surface area contributed by atoms with E-state index in [1.165, 1.54) is 9.13 Å². The lowest BCUT2D eigenvalue weighted by molar-refractivity contribution is 0.457. The highest BCUT2D eigenvalue weighted by Crippen LogP contribution is 2.35. The van der Waals surface area contributed by atoms with E-state index in [0.717, 1.165) is 28.9 Å². The summed E-state index contributed by atoms with van der Waals surface area (Å²) < 4.78 is 4.73. The maximum atomic E-state index is 13.6. The number of halogens is 1. The van der Waals surface area contributed by atoms with Gasteiger partial charge in [0.2, 0.25) is 5.95 Å². The molecule has 0 saturated carbocycles. The van der Waals surface area contributed by atoms with Gasteiger partial charge in [0.15, 0.2) is 11.2 Å². The summed E-state index contributed by atoms with van der Waals surface area (Å²) in [6, 6.07) is 13.6. The smallest absolute Gasteiger partial charge is 0.311 e. The molecule has 0 amide bonds. The molecule has 0 saturated heterocycles. The van der Waals surface area contributed by atoms with Crippen molar-refractivity contribution in [2.24, 2.45) is 13.0 Å². The van der Waals surface area contributed by atoms with E-state index in [4.69, 9.17) is 16.6 Å². The van der Waals surface area contributed by atoms with Crippen molar-refractivity contribution in [3.05, 3.63) is 85.0 Å². The highest BCUT2D eigenvalue weighted by atomic mass is 35.5. The van der Waals surface area contributed by atoms with E-state index >= 15 is 0 Å². The van der Waals surface area contributed by atoms with Crippen molar-refractivity contribution < 1.29 is 0 Å². The Morgan fingerprint density at radius 3 is 2.52 bits per heavy atom. The summed E-state index contributed by atoms with van der Waals surface area (Å²) in [6.45, 7) is 7.80. The number of hydrogen-bond donors (Lipinski definition) is 0. The largest absolute Gasteiger partial charge is 0.332 e. The number of rotatable bonds is 3. The zero-order valence-corrected chi connectivity index (χ0v) is 19.9. The van der Waals surface area contributed by atoms with Crippen molar-refractivity contribution in [3.8, 4) is 0 Å². The molecule has 0 aliphatic carbocycles. The molecule has 0 spiro atoms. The molecule has 0 radical (unpaired) electrons. The third-order valence-electron chi connectivity index (χ3n) is 6.37. The summed E-state index contributed by atoms with van der Waals surface area (Å²) in [5.74, 6) is 0.934. The van der Waals surface area contributed by atoms with Crippen LogP contribution in [0.5, 0.6) is 0 Å². The molecule has 1 atom stereocenters. The molecule has 170 valence electrons. The Bertz CT molecular complexity index is 1500. The molecular formula is C25H26ClN5O2. The van der Waals surface area contributed by atoms with Crippen molar-refractivity contribution in [3.63, 3.8) is 0 Å². The van der Waals surface area contributed by atoms with Gasteiger partial charge in [-0.1, -0.05) is 54.4 Å². The van der Waals surface area contributed by atoms with Gasteiger partial charge in [-0.2, -0.15) is 4.98 Å². The molecule has 2 aromatic heterocycles. The lowest BCUT2D eigenvalue weighted by Gasteiger charge is -2.33. The summed E-state index contributed by atoms with van der Waals surface area (Å²) in [5, 5.41) is 0.643. The standard InChI is InChI=1S/C25H26ClN5O2/c1-15-5-8-18(9-6-15)14-31-23(32)21-22(28(4)25(31)33)27-24-29(12-16(2)13-30(21)24)20-11-19(26)10-7-17(20)3/h5-11,16H,12-14H2,1-4H3/t16-/m0/s1. The fourth-order valence-electron chi connectivity index (χ4n) is 4.60. The first kappa shape index (κ1) is 21.5. The van der Waals surface area contributed by atoms with Gasteiger partial charge in [-0.25, -0.2) is 4.79 Å². The second-order valence-electron chi connectivity index (χ2n) is 9.06. The summed E-state index contributed by atoms with van der Waals surface area (Å²) in [4.78, 5) is 33.7. The molecule has 0 fully saturated rings. The van der Waals surface area contributed by atoms with Crippen molar-refractivity contribution in [1.82, 2.24) is 18.7 Å². The number of hydrogen-bond acceptors (Lipinski definition) is 4. The van der Waals surface area contributed by atoms with Gasteiger partial charge in [-0.05, 0) is 43.0 Å². The highest BCUT2D eigenvalue weighted by Gasteiger charge is 2.30. The first-order chi connectivity index (χ1) is 15.7. The molecule has 4 aromatic rings. The minimum absolute atomic E-state index is 0.217. The molecule has 1 aliphatic rings. The number of aromatic nitrogens is 4. The highest BCUT2D eigenvalue weighted by molar-refractivity contribution is 6.30. The van der Waals surface area contributed by atoms with E-state index in [9.17, 15) is 9.59 Å². The van der Waals surface area contributed by atoms with Crippen LogP contribution in [0, 0.1) is 19.8 Å². The number of imidazole rings is 1. The Hall–Kier alpha value is -3.32. The quantitative estimate of drug-likeness (QED) is 0.460. The zero-order valence-electron chi connectivity index (χ0n) is 19.2. The normalized spacial score (nSPS) is 15.8. The zero-order chi connectivity index (χ0) is 23.4. The van der Waals surface area contributed by atoms with E-state index in [1.54, 1.807) is 7.05 Å². The Morgan fingerprint density at radius 1 is 1.06 bits per heavy atom. The Morgan fingerprint density at radius 2 is 1.79 bits per heavy atom. The van der Waals surface area contributed by atoms with Crippen LogP contribution in [0.2, 0.25) is 5.02 Å². The molecule has 33 heavy (non-hydrogen) atoms. The van der Waals surface area contributed by atoms with Gasteiger partial charge in [-0.15, -0.1) is 0 Å². The summed E-state index contributed by atoms with van der Waals surface area (Å²) >= 11 is 6.30. The van der Waals surface area contributed by atoms with Crippen LogP contribution < -0.4 is 16.1 Å². The predicted molar refractivity (Wildman–Crippen MR) is 132 cm³/mol.